The fourth-order valence-corrected chi connectivity index (χ4v) is 2.01. The van der Waals surface area contributed by atoms with E-state index in [1.165, 1.54) is 0 Å². The van der Waals surface area contributed by atoms with Gasteiger partial charge >= 0.3 is 0 Å². The van der Waals surface area contributed by atoms with Crippen LogP contribution in [0.3, 0.4) is 0 Å². The van der Waals surface area contributed by atoms with E-state index >= 15 is 0 Å². The lowest BCUT2D eigenvalue weighted by Gasteiger charge is -2.04. The van der Waals surface area contributed by atoms with Gasteiger partial charge in [0.05, 0.1) is 0 Å². The monoisotopic (exact) mass is 246 g/mol. The Balaban J connectivity index is 2.31. The van der Waals surface area contributed by atoms with Crippen molar-refractivity contribution in [2.45, 2.75) is 32.1 Å². The topological polar surface area (TPSA) is 20.2 Å². The van der Waals surface area contributed by atoms with Gasteiger partial charge in [0.1, 0.15) is 0 Å². The van der Waals surface area contributed by atoms with E-state index in [-0.39, 0.29) is 0 Å². The Morgan fingerprint density at radius 2 is 1.73 bits per heavy atom. The first-order chi connectivity index (χ1) is 7.24. The van der Waals surface area contributed by atoms with Crippen LogP contribution in [-0.2, 0) is 6.42 Å². The number of halogens is 2. The molecule has 3 heteroatoms. The first-order valence-electron chi connectivity index (χ1n) is 5.29. The third kappa shape index (κ3) is 4.87. The van der Waals surface area contributed by atoms with Gasteiger partial charge in [-0.2, -0.15) is 0 Å². The van der Waals surface area contributed by atoms with Gasteiger partial charge in [-0.25, -0.2) is 0 Å². The molecule has 0 aliphatic carbocycles. The van der Waals surface area contributed by atoms with Crippen LogP contribution in [0, 0.1) is 0 Å². The Hall–Kier alpha value is -0.240. The van der Waals surface area contributed by atoms with Crippen LogP contribution in [0.2, 0.25) is 10.0 Å². The van der Waals surface area contributed by atoms with Gasteiger partial charge in [-0.05, 0) is 37.0 Å². The van der Waals surface area contributed by atoms with Gasteiger partial charge in [0.25, 0.3) is 0 Å². The summed E-state index contributed by atoms with van der Waals surface area (Å²) in [6.07, 6.45) is 5.22. The maximum Gasteiger partial charge on any atom is 0.0452 e. The minimum absolute atomic E-state index is 0.293. The second-order valence-electron chi connectivity index (χ2n) is 3.62. The van der Waals surface area contributed by atoms with Gasteiger partial charge in [0.2, 0.25) is 0 Å². The summed E-state index contributed by atoms with van der Waals surface area (Å²) < 4.78 is 0. The molecule has 1 rings (SSSR count). The van der Waals surface area contributed by atoms with E-state index in [0.29, 0.717) is 11.6 Å². The normalized spacial score (nSPS) is 10.6. The lowest BCUT2D eigenvalue weighted by atomic mass is 10.1. The van der Waals surface area contributed by atoms with Gasteiger partial charge in [-0.1, -0.05) is 42.1 Å². The van der Waals surface area contributed by atoms with Gasteiger partial charge < -0.3 is 5.11 Å². The van der Waals surface area contributed by atoms with Crippen LogP contribution in [-0.4, -0.2) is 11.7 Å². The molecule has 0 amide bonds. The zero-order valence-electron chi connectivity index (χ0n) is 8.68. The third-order valence-corrected chi connectivity index (χ3v) is 2.96. The Labute approximate surface area is 101 Å². The molecule has 1 N–H and O–H groups in total. The first kappa shape index (κ1) is 12.8. The van der Waals surface area contributed by atoms with Gasteiger partial charge in [-0.3, -0.25) is 0 Å². The fourth-order valence-electron chi connectivity index (χ4n) is 1.51. The molecule has 0 spiro atoms. The van der Waals surface area contributed by atoms with Crippen LogP contribution in [0.4, 0.5) is 0 Å². The first-order valence-corrected chi connectivity index (χ1v) is 6.04. The third-order valence-electron chi connectivity index (χ3n) is 2.37. The molecule has 0 aliphatic rings. The molecule has 0 atom stereocenters. The van der Waals surface area contributed by atoms with E-state index in [1.54, 1.807) is 6.07 Å². The molecule has 1 aromatic rings. The summed E-state index contributed by atoms with van der Waals surface area (Å²) in [5, 5.41) is 10.1. The van der Waals surface area contributed by atoms with Crippen molar-refractivity contribution in [2.75, 3.05) is 6.61 Å². The van der Waals surface area contributed by atoms with Crippen LogP contribution >= 0.6 is 23.2 Å². The lowest BCUT2D eigenvalue weighted by molar-refractivity contribution is 0.282. The number of hydrogen-bond donors (Lipinski definition) is 1. The lowest BCUT2D eigenvalue weighted by Crippen LogP contribution is -1.89. The van der Waals surface area contributed by atoms with Crippen molar-refractivity contribution in [3.8, 4) is 0 Å². The van der Waals surface area contributed by atoms with Crippen LogP contribution in [0.15, 0.2) is 18.2 Å². The molecule has 0 aliphatic heterocycles. The van der Waals surface area contributed by atoms with Crippen molar-refractivity contribution in [3.05, 3.63) is 33.8 Å². The van der Waals surface area contributed by atoms with Crippen LogP contribution in [0.5, 0.6) is 0 Å². The quantitative estimate of drug-likeness (QED) is 0.750. The highest BCUT2D eigenvalue weighted by atomic mass is 35.5. The maximum atomic E-state index is 8.62. The molecule has 0 bridgehead atoms. The predicted octanol–water partition coefficient (Wildman–Crippen LogP) is 4.09. The van der Waals surface area contributed by atoms with Crippen molar-refractivity contribution in [1.82, 2.24) is 0 Å². The molecule has 0 unspecified atom stereocenters. The second-order valence-corrected chi connectivity index (χ2v) is 4.47. The second kappa shape index (κ2) is 7.10. The van der Waals surface area contributed by atoms with Crippen LogP contribution < -0.4 is 0 Å². The smallest absolute Gasteiger partial charge is 0.0452 e. The van der Waals surface area contributed by atoms with Crippen molar-refractivity contribution in [3.63, 3.8) is 0 Å². The van der Waals surface area contributed by atoms with Gasteiger partial charge in [0.15, 0.2) is 0 Å². The summed E-state index contributed by atoms with van der Waals surface area (Å²) in [5.41, 5.74) is 1.16. The Morgan fingerprint density at radius 3 is 2.40 bits per heavy atom. The number of unbranched alkanes of at least 4 members (excludes halogenated alkanes) is 3. The van der Waals surface area contributed by atoms with E-state index in [1.807, 2.05) is 12.1 Å². The molecule has 1 aromatic carbocycles. The highest BCUT2D eigenvalue weighted by Gasteiger charge is 2.00. The molecule has 0 saturated heterocycles. The van der Waals surface area contributed by atoms with E-state index in [0.717, 1.165) is 42.7 Å². The highest BCUT2D eigenvalue weighted by Crippen LogP contribution is 2.22. The summed E-state index contributed by atoms with van der Waals surface area (Å²) >= 11 is 11.9. The molecule has 1 nitrogen and oxygen atoms in total. The molecule has 0 radical (unpaired) electrons. The maximum absolute atomic E-state index is 8.62. The highest BCUT2D eigenvalue weighted by molar-refractivity contribution is 6.35. The zero-order chi connectivity index (χ0) is 11.1. The number of aliphatic hydroxyl groups is 1. The van der Waals surface area contributed by atoms with E-state index < -0.39 is 0 Å². The Bertz CT molecular complexity index is 300. The standard InChI is InChI=1S/C12H16Cl2O/c13-11-7-6-10(12(14)9-11)5-3-1-2-4-8-15/h6-7,9,15H,1-5,8H2. The minimum atomic E-state index is 0.293. The molecule has 84 valence electrons. The summed E-state index contributed by atoms with van der Waals surface area (Å²) in [7, 11) is 0. The van der Waals surface area contributed by atoms with Crippen molar-refractivity contribution in [2.24, 2.45) is 0 Å². The van der Waals surface area contributed by atoms with Crippen LogP contribution in [0.25, 0.3) is 0 Å². The Morgan fingerprint density at radius 1 is 1.00 bits per heavy atom. The summed E-state index contributed by atoms with van der Waals surface area (Å²) in [6, 6.07) is 5.64. The molecular weight excluding hydrogens is 231 g/mol. The zero-order valence-corrected chi connectivity index (χ0v) is 10.2. The van der Waals surface area contributed by atoms with Gasteiger partial charge in [-0.15, -0.1) is 0 Å². The van der Waals surface area contributed by atoms with E-state index in [9.17, 15) is 0 Å². The number of hydrogen-bond acceptors (Lipinski definition) is 1. The average Bonchev–Trinajstić information content (AvgIpc) is 2.20. The SMILES string of the molecule is OCCCCCCc1ccc(Cl)cc1Cl. The van der Waals surface area contributed by atoms with E-state index in [2.05, 4.69) is 0 Å². The van der Waals surface area contributed by atoms with Crippen molar-refractivity contribution < 1.29 is 5.11 Å². The molecule has 0 saturated carbocycles. The molecular formula is C12H16Cl2O. The summed E-state index contributed by atoms with van der Waals surface area (Å²) in [5.74, 6) is 0. The fraction of sp³-hybridized carbons (Fsp3) is 0.500. The van der Waals surface area contributed by atoms with Crippen molar-refractivity contribution >= 4 is 23.2 Å². The average molecular weight is 247 g/mol. The molecule has 15 heavy (non-hydrogen) atoms. The molecule has 0 fully saturated rings. The van der Waals surface area contributed by atoms with Crippen molar-refractivity contribution in [1.29, 1.82) is 0 Å². The number of benzene rings is 1. The largest absolute Gasteiger partial charge is 0.396 e. The predicted molar refractivity (Wildman–Crippen MR) is 65.7 cm³/mol. The number of aliphatic hydroxyl groups excluding tert-OH is 1. The summed E-state index contributed by atoms with van der Waals surface area (Å²) in [6.45, 7) is 0.293. The van der Waals surface area contributed by atoms with Crippen LogP contribution in [0.1, 0.15) is 31.2 Å². The summed E-state index contributed by atoms with van der Waals surface area (Å²) in [4.78, 5) is 0. The number of aryl methyl sites for hydroxylation is 1. The number of rotatable bonds is 6. The van der Waals surface area contributed by atoms with E-state index in [4.69, 9.17) is 28.3 Å². The molecule has 0 heterocycles. The van der Waals surface area contributed by atoms with Gasteiger partial charge in [0, 0.05) is 16.7 Å². The minimum Gasteiger partial charge on any atom is -0.396 e. The Kier molecular flexibility index (Phi) is 6.07. The molecule has 0 aromatic heterocycles.